The van der Waals surface area contributed by atoms with E-state index in [2.05, 4.69) is 45.4 Å². The van der Waals surface area contributed by atoms with Crippen LogP contribution in [-0.2, 0) is 15.8 Å². The normalized spacial score (nSPS) is 13.3. The molecule has 79 heavy (non-hydrogen) atoms. The highest BCUT2D eigenvalue weighted by molar-refractivity contribution is 6.74. The minimum atomic E-state index is -1.66. The molecule has 2 aliphatic carbocycles. The van der Waals surface area contributed by atoms with Crippen molar-refractivity contribution in [3.8, 4) is 35.1 Å². The van der Waals surface area contributed by atoms with E-state index in [-0.39, 0.29) is 57.8 Å². The third-order valence-corrected chi connectivity index (χ3v) is 17.8. The van der Waals surface area contributed by atoms with Gasteiger partial charge in [-0.2, -0.15) is 10.5 Å². The van der Waals surface area contributed by atoms with Crippen LogP contribution in [0.5, 0.6) is 23.0 Å². The molecule has 0 unspecified atom stereocenters. The molecule has 17 heteroatoms. The maximum Gasteiger partial charge on any atom is 0.265 e. The Kier molecular flexibility index (Phi) is 33.2. The van der Waals surface area contributed by atoms with Gasteiger partial charge in [0.2, 0.25) is 0 Å². The summed E-state index contributed by atoms with van der Waals surface area (Å²) in [4.78, 5) is 44.6. The summed E-state index contributed by atoms with van der Waals surface area (Å²) >= 11 is 0. The number of rotatable bonds is 21. The standard InChI is InChI=1S/C27H35N3O4.C14H18O2.C11H13N3O2.C8H18O2Si.2CH4/c1-20(2)34-26-13-10-23(16-24(26)17-28)27(32)29-30(14-15-31)18-21-8-11-25(12-9-21)33-19-22-6-4-3-5-7-22;15-10-12-6-8-14(9-7-12)16-11-13-4-2-1-3-5-13;1-7(2)16-10-4-3-8(11(15)14-13)5-9(10)6-12;1-8(2,3)11(4,5)10-7-6-9;;/h8-13,16,20,22,31H,3-7,14-15,18-19H2,1-2H3,(H,29,32);6-10,13H,1-5,11H2;3-5,7H,13H2,1-2H3,(H,14,15);6H,7H2,1-5H3;2*1H4. The Labute approximate surface area is 473 Å². The largest absolute Gasteiger partial charge is 0.493 e. The zero-order valence-corrected chi connectivity index (χ0v) is 47.9. The number of hydrogen-bond donors (Lipinski definition) is 4. The first-order chi connectivity index (χ1) is 36.7. The molecule has 2 saturated carbocycles. The second kappa shape index (κ2) is 37.3. The Balaban J connectivity index is 0.000000581. The lowest BCUT2D eigenvalue weighted by molar-refractivity contribution is -0.109. The minimum Gasteiger partial charge on any atom is -0.493 e. The van der Waals surface area contributed by atoms with Gasteiger partial charge in [-0.05, 0) is 162 Å². The number of nitriles is 2. The molecule has 0 heterocycles. The highest BCUT2D eigenvalue weighted by atomic mass is 28.4. The number of ether oxygens (including phenoxy) is 4. The lowest BCUT2D eigenvalue weighted by atomic mass is 9.90. The number of aliphatic hydroxyl groups excluding tert-OH is 1. The molecule has 5 N–H and O–H groups in total. The summed E-state index contributed by atoms with van der Waals surface area (Å²) in [7, 11) is -1.66. The van der Waals surface area contributed by atoms with Crippen molar-refractivity contribution in [1.29, 1.82) is 10.5 Å². The van der Waals surface area contributed by atoms with E-state index in [1.54, 1.807) is 41.4 Å². The van der Waals surface area contributed by atoms with Gasteiger partial charge in [0, 0.05) is 29.8 Å². The van der Waals surface area contributed by atoms with Crippen LogP contribution in [-0.4, -0.2) is 88.0 Å². The number of benzene rings is 4. The molecule has 0 bridgehead atoms. The molecule has 0 aromatic heterocycles. The van der Waals surface area contributed by atoms with Crippen LogP contribution >= 0.6 is 0 Å². The Morgan fingerprint density at radius 2 is 1.16 bits per heavy atom. The molecule has 0 spiro atoms. The summed E-state index contributed by atoms with van der Waals surface area (Å²) in [5.74, 6) is 8.21. The maximum atomic E-state index is 12.8. The number of aldehydes is 2. The monoisotopic (exact) mass is 1110 g/mol. The number of nitrogens with two attached hydrogens (primary N) is 1. The van der Waals surface area contributed by atoms with E-state index >= 15 is 0 Å². The predicted molar refractivity (Wildman–Crippen MR) is 316 cm³/mol. The molecule has 0 atom stereocenters. The molecule has 0 saturated heterocycles. The SMILES string of the molecule is C.C.CC(C)(C)[Si](C)(C)OCC=O.CC(C)Oc1ccc(C(=O)NN(CCO)Cc2ccc(OCC3CCCCC3)cc2)cc1C#N.CC(C)Oc1ccc(C(=O)NN)cc1C#N.O=Cc1ccc(OCC2CCCCC2)cc1. The van der Waals surface area contributed by atoms with Gasteiger partial charge in [-0.15, -0.1) is 0 Å². The van der Waals surface area contributed by atoms with Crippen LogP contribution < -0.4 is 35.6 Å². The fourth-order valence-corrected chi connectivity index (χ4v) is 8.88. The molecule has 0 aliphatic heterocycles. The van der Waals surface area contributed by atoms with Gasteiger partial charge in [-0.1, -0.05) is 86.3 Å². The van der Waals surface area contributed by atoms with Gasteiger partial charge in [0.05, 0.1) is 49.8 Å². The molecule has 2 aliphatic rings. The van der Waals surface area contributed by atoms with Crippen LogP contribution in [0.4, 0.5) is 0 Å². The lowest BCUT2D eigenvalue weighted by Gasteiger charge is -2.35. The van der Waals surface area contributed by atoms with E-state index in [1.807, 2.05) is 75.6 Å². The number of carbonyl (C=O) groups excluding carboxylic acids is 4. The summed E-state index contributed by atoms with van der Waals surface area (Å²) in [6.07, 6.45) is 14.7. The molecule has 2 amide bonds. The summed E-state index contributed by atoms with van der Waals surface area (Å²) in [5.41, 5.74) is 7.81. The van der Waals surface area contributed by atoms with Crippen LogP contribution in [0.25, 0.3) is 0 Å². The molecule has 4 aromatic carbocycles. The third-order valence-electron chi connectivity index (χ3n) is 13.3. The minimum absolute atomic E-state index is 0. The van der Waals surface area contributed by atoms with Crippen LogP contribution in [0.1, 0.15) is 175 Å². The Morgan fingerprint density at radius 1 is 0.722 bits per heavy atom. The Morgan fingerprint density at radius 3 is 1.54 bits per heavy atom. The van der Waals surface area contributed by atoms with Gasteiger partial charge in [-0.25, -0.2) is 10.9 Å². The molecular formula is C62H92N6O10Si. The van der Waals surface area contributed by atoms with Gasteiger partial charge >= 0.3 is 0 Å². The number of nitrogens with zero attached hydrogens (tertiary/aromatic N) is 3. The number of hydrogen-bond acceptors (Lipinski definition) is 14. The van der Waals surface area contributed by atoms with Crippen molar-refractivity contribution in [2.75, 3.05) is 33.0 Å². The highest BCUT2D eigenvalue weighted by Crippen LogP contribution is 2.36. The van der Waals surface area contributed by atoms with E-state index in [0.29, 0.717) is 51.8 Å². The zero-order chi connectivity index (χ0) is 56.8. The third kappa shape index (κ3) is 26.3. The predicted octanol–water partition coefficient (Wildman–Crippen LogP) is 12.3. The smallest absolute Gasteiger partial charge is 0.265 e. The molecule has 434 valence electrons. The van der Waals surface area contributed by atoms with E-state index in [4.69, 9.17) is 34.5 Å². The van der Waals surface area contributed by atoms with Crippen molar-refractivity contribution >= 4 is 32.7 Å². The van der Waals surface area contributed by atoms with Gasteiger partial charge in [0.15, 0.2) is 8.32 Å². The van der Waals surface area contributed by atoms with Crippen molar-refractivity contribution in [3.63, 3.8) is 0 Å². The second-order valence-corrected chi connectivity index (χ2v) is 26.0. The molecule has 16 nitrogen and oxygen atoms in total. The second-order valence-electron chi connectivity index (χ2n) is 21.2. The van der Waals surface area contributed by atoms with Gasteiger partial charge < -0.3 is 33.3 Å². The molecule has 4 aromatic rings. The molecule has 6 rings (SSSR count). The van der Waals surface area contributed by atoms with Crippen LogP contribution in [0.3, 0.4) is 0 Å². The number of nitrogens with one attached hydrogen (secondary N) is 2. The summed E-state index contributed by atoms with van der Waals surface area (Å²) in [6.45, 7) is 20.6. The van der Waals surface area contributed by atoms with Gasteiger partial charge in [0.1, 0.15) is 47.7 Å². The van der Waals surface area contributed by atoms with Gasteiger partial charge in [0.25, 0.3) is 11.8 Å². The Hall–Kier alpha value is -6.60. The summed E-state index contributed by atoms with van der Waals surface area (Å²) in [5, 5.41) is 29.7. The highest BCUT2D eigenvalue weighted by Gasteiger charge is 2.36. The Bertz CT molecular complexity index is 2490. The first-order valence-corrected chi connectivity index (χ1v) is 29.7. The fraction of sp³-hybridized carbons (Fsp3) is 0.516. The fourth-order valence-electron chi connectivity index (χ4n) is 7.97. The number of amides is 2. The quantitative estimate of drug-likeness (QED) is 0.0200. The van der Waals surface area contributed by atoms with E-state index < -0.39 is 14.2 Å². The van der Waals surface area contributed by atoms with Crippen molar-refractivity contribution < 1.29 is 47.7 Å². The zero-order valence-electron chi connectivity index (χ0n) is 46.9. The first-order valence-electron chi connectivity index (χ1n) is 26.8. The number of hydrazine groups is 2. The molecule has 0 radical (unpaired) electrons. The van der Waals surface area contributed by atoms with E-state index in [0.717, 1.165) is 48.8 Å². The lowest BCUT2D eigenvalue weighted by Crippen LogP contribution is -2.43. The van der Waals surface area contributed by atoms with E-state index in [9.17, 15) is 29.5 Å². The van der Waals surface area contributed by atoms with Crippen LogP contribution in [0.15, 0.2) is 84.9 Å². The number of aliphatic hydroxyl groups is 1. The molecule has 2 fully saturated rings. The number of nitrogen functional groups attached to an aromatic ring is 1. The first kappa shape index (κ1) is 70.4. The summed E-state index contributed by atoms with van der Waals surface area (Å²) < 4.78 is 28.3. The average molecular weight is 1110 g/mol. The number of carbonyl (C=O) groups is 4. The van der Waals surface area contributed by atoms with Gasteiger partial charge in [-0.3, -0.25) is 25.2 Å². The van der Waals surface area contributed by atoms with Crippen LogP contribution in [0, 0.1) is 34.5 Å². The van der Waals surface area contributed by atoms with Crippen molar-refractivity contribution in [2.45, 2.75) is 164 Å². The maximum absolute atomic E-state index is 12.8. The van der Waals surface area contributed by atoms with Crippen molar-refractivity contribution in [2.24, 2.45) is 17.7 Å². The van der Waals surface area contributed by atoms with Crippen molar-refractivity contribution in [1.82, 2.24) is 15.9 Å². The topological polar surface area (TPSA) is 236 Å². The average Bonchev–Trinajstić information content (AvgIpc) is 3.42. The van der Waals surface area contributed by atoms with Crippen molar-refractivity contribution in [3.05, 3.63) is 118 Å². The van der Waals surface area contributed by atoms with E-state index in [1.165, 1.54) is 76.3 Å². The molecular weight excluding hydrogens is 1020 g/mol. The summed E-state index contributed by atoms with van der Waals surface area (Å²) in [6, 6.07) is 28.6. The van der Waals surface area contributed by atoms with Crippen LogP contribution in [0.2, 0.25) is 18.1 Å².